The van der Waals surface area contributed by atoms with Gasteiger partial charge >= 0.3 is 5.97 Å². The molecule has 0 spiro atoms. The van der Waals surface area contributed by atoms with Crippen molar-refractivity contribution in [3.63, 3.8) is 0 Å². The van der Waals surface area contributed by atoms with Gasteiger partial charge in [-0.2, -0.15) is 0 Å². The summed E-state index contributed by atoms with van der Waals surface area (Å²) in [6.07, 6.45) is 4.12. The van der Waals surface area contributed by atoms with Crippen LogP contribution in [-0.2, 0) is 16.0 Å². The van der Waals surface area contributed by atoms with Gasteiger partial charge in [0.2, 0.25) is 5.91 Å². The molecule has 1 aliphatic carbocycles. The lowest BCUT2D eigenvalue weighted by molar-refractivity contribution is -0.151. The van der Waals surface area contributed by atoms with Gasteiger partial charge in [0.05, 0.1) is 18.9 Å². The Labute approximate surface area is 141 Å². The van der Waals surface area contributed by atoms with Crippen LogP contribution in [0.15, 0.2) is 18.2 Å². The van der Waals surface area contributed by atoms with E-state index in [9.17, 15) is 14.7 Å². The molecule has 0 aromatic heterocycles. The summed E-state index contributed by atoms with van der Waals surface area (Å²) in [5.41, 5.74) is -0.222. The van der Waals surface area contributed by atoms with Crippen molar-refractivity contribution in [3.05, 3.63) is 28.8 Å². The maximum atomic E-state index is 12.2. The molecule has 0 radical (unpaired) electrons. The summed E-state index contributed by atoms with van der Waals surface area (Å²) in [4.78, 5) is 23.8. The first kappa shape index (κ1) is 17.6. The standard InChI is InChI=1S/C17H22ClNO4/c1-23-14-7-5-6-13(18)12(14)10-15(20)19-11-17(16(21)22)8-3-2-4-9-17/h5-7H,2-4,8-11H2,1H3,(H,19,20)(H,21,22). The van der Waals surface area contributed by atoms with Crippen molar-refractivity contribution in [2.24, 2.45) is 5.41 Å². The number of rotatable bonds is 6. The van der Waals surface area contributed by atoms with Gasteiger partial charge in [0, 0.05) is 17.1 Å². The molecule has 5 nitrogen and oxygen atoms in total. The third kappa shape index (κ3) is 4.16. The van der Waals surface area contributed by atoms with Crippen molar-refractivity contribution in [1.29, 1.82) is 0 Å². The normalized spacial score (nSPS) is 16.6. The minimum Gasteiger partial charge on any atom is -0.496 e. The Hall–Kier alpha value is -1.75. The summed E-state index contributed by atoms with van der Waals surface area (Å²) in [7, 11) is 1.52. The van der Waals surface area contributed by atoms with Crippen LogP contribution < -0.4 is 10.1 Å². The first-order valence-electron chi connectivity index (χ1n) is 7.80. The van der Waals surface area contributed by atoms with Crippen molar-refractivity contribution in [1.82, 2.24) is 5.32 Å². The smallest absolute Gasteiger partial charge is 0.311 e. The molecule has 2 N–H and O–H groups in total. The molecule has 0 saturated heterocycles. The number of ether oxygens (including phenoxy) is 1. The van der Waals surface area contributed by atoms with Crippen LogP contribution in [0.3, 0.4) is 0 Å². The third-order valence-electron chi connectivity index (χ3n) is 4.52. The Kier molecular flexibility index (Phi) is 5.88. The zero-order valence-corrected chi connectivity index (χ0v) is 14.0. The first-order valence-corrected chi connectivity index (χ1v) is 8.18. The fraction of sp³-hybridized carbons (Fsp3) is 0.529. The summed E-state index contributed by atoms with van der Waals surface area (Å²) in [6, 6.07) is 5.20. The second-order valence-electron chi connectivity index (χ2n) is 6.02. The molecule has 0 unspecified atom stereocenters. The lowest BCUT2D eigenvalue weighted by Crippen LogP contribution is -2.44. The van der Waals surface area contributed by atoms with Gasteiger partial charge in [0.1, 0.15) is 5.75 Å². The molecule has 2 rings (SSSR count). The number of carbonyl (C=O) groups is 2. The number of hydrogen-bond acceptors (Lipinski definition) is 3. The fourth-order valence-electron chi connectivity index (χ4n) is 3.09. The summed E-state index contributed by atoms with van der Waals surface area (Å²) in [5.74, 6) is -0.520. The second-order valence-corrected chi connectivity index (χ2v) is 6.43. The summed E-state index contributed by atoms with van der Waals surface area (Å²) in [6.45, 7) is 0.161. The van der Waals surface area contributed by atoms with Crippen molar-refractivity contribution in [2.45, 2.75) is 38.5 Å². The maximum absolute atomic E-state index is 12.2. The third-order valence-corrected chi connectivity index (χ3v) is 4.88. The maximum Gasteiger partial charge on any atom is 0.311 e. The number of benzene rings is 1. The van der Waals surface area contributed by atoms with E-state index in [1.807, 2.05) is 0 Å². The minimum absolute atomic E-state index is 0.0680. The molecular weight excluding hydrogens is 318 g/mol. The van der Waals surface area contributed by atoms with Crippen LogP contribution >= 0.6 is 11.6 Å². The summed E-state index contributed by atoms with van der Waals surface area (Å²) < 4.78 is 5.22. The number of halogens is 1. The molecular formula is C17H22ClNO4. The van der Waals surface area contributed by atoms with E-state index in [2.05, 4.69) is 5.32 Å². The number of methoxy groups -OCH3 is 1. The molecule has 0 bridgehead atoms. The van der Waals surface area contributed by atoms with Gasteiger partial charge < -0.3 is 15.2 Å². The predicted molar refractivity (Wildman–Crippen MR) is 87.9 cm³/mol. The number of aliphatic carboxylic acids is 1. The van der Waals surface area contributed by atoms with Crippen molar-refractivity contribution in [3.8, 4) is 5.75 Å². The number of nitrogens with one attached hydrogen (secondary N) is 1. The molecule has 1 fully saturated rings. The Balaban J connectivity index is 2.01. The van der Waals surface area contributed by atoms with E-state index in [0.29, 0.717) is 29.2 Å². The molecule has 126 valence electrons. The van der Waals surface area contributed by atoms with Crippen LogP contribution in [0.2, 0.25) is 5.02 Å². The van der Waals surface area contributed by atoms with E-state index in [0.717, 1.165) is 19.3 Å². The molecule has 1 amide bonds. The molecule has 1 saturated carbocycles. The van der Waals surface area contributed by atoms with Gasteiger partial charge in [-0.1, -0.05) is 36.9 Å². The molecule has 0 heterocycles. The molecule has 6 heteroatoms. The highest BCUT2D eigenvalue weighted by atomic mass is 35.5. The van der Waals surface area contributed by atoms with E-state index >= 15 is 0 Å². The molecule has 0 atom stereocenters. The number of carboxylic acids is 1. The number of carboxylic acid groups (broad SMARTS) is 1. The summed E-state index contributed by atoms with van der Waals surface area (Å²) >= 11 is 6.12. The SMILES string of the molecule is COc1cccc(Cl)c1CC(=O)NCC1(C(=O)O)CCCCC1. The average molecular weight is 340 g/mol. The van der Waals surface area contributed by atoms with Crippen LogP contribution in [0.5, 0.6) is 5.75 Å². The molecule has 1 aliphatic rings. The Morgan fingerprint density at radius 3 is 2.61 bits per heavy atom. The number of amides is 1. The van der Waals surface area contributed by atoms with Crippen molar-refractivity contribution >= 4 is 23.5 Å². The van der Waals surface area contributed by atoms with E-state index in [-0.39, 0.29) is 18.9 Å². The molecule has 1 aromatic carbocycles. The number of hydrogen-bond donors (Lipinski definition) is 2. The van der Waals surface area contributed by atoms with Gasteiger partial charge in [0.15, 0.2) is 0 Å². The predicted octanol–water partition coefficient (Wildman–Crippen LogP) is 3.04. The lowest BCUT2D eigenvalue weighted by Gasteiger charge is -2.33. The van der Waals surface area contributed by atoms with Crippen molar-refractivity contribution < 1.29 is 19.4 Å². The highest BCUT2D eigenvalue weighted by Crippen LogP contribution is 2.36. The Bertz CT molecular complexity index is 582. The van der Waals surface area contributed by atoms with Crippen LogP contribution in [0, 0.1) is 5.41 Å². The van der Waals surface area contributed by atoms with E-state index < -0.39 is 11.4 Å². The number of carbonyl (C=O) groups excluding carboxylic acids is 1. The van der Waals surface area contributed by atoms with E-state index in [1.165, 1.54) is 7.11 Å². The Morgan fingerprint density at radius 2 is 2.00 bits per heavy atom. The van der Waals surface area contributed by atoms with Crippen LogP contribution in [0.4, 0.5) is 0 Å². The van der Waals surface area contributed by atoms with Crippen LogP contribution in [-0.4, -0.2) is 30.6 Å². The van der Waals surface area contributed by atoms with Gasteiger partial charge in [0.25, 0.3) is 0 Å². The topological polar surface area (TPSA) is 75.6 Å². The highest BCUT2D eigenvalue weighted by Gasteiger charge is 2.39. The van der Waals surface area contributed by atoms with E-state index in [4.69, 9.17) is 16.3 Å². The average Bonchev–Trinajstić information content (AvgIpc) is 2.55. The van der Waals surface area contributed by atoms with Crippen LogP contribution in [0.1, 0.15) is 37.7 Å². The van der Waals surface area contributed by atoms with Gasteiger partial charge in [-0.05, 0) is 25.0 Å². The second kappa shape index (κ2) is 7.68. The largest absolute Gasteiger partial charge is 0.496 e. The Morgan fingerprint density at radius 1 is 1.30 bits per heavy atom. The lowest BCUT2D eigenvalue weighted by atomic mass is 9.74. The highest BCUT2D eigenvalue weighted by molar-refractivity contribution is 6.31. The van der Waals surface area contributed by atoms with Gasteiger partial charge in [-0.25, -0.2) is 0 Å². The molecule has 23 heavy (non-hydrogen) atoms. The quantitative estimate of drug-likeness (QED) is 0.835. The minimum atomic E-state index is -0.835. The van der Waals surface area contributed by atoms with Crippen molar-refractivity contribution in [2.75, 3.05) is 13.7 Å². The first-order chi connectivity index (χ1) is 11.0. The zero-order chi connectivity index (χ0) is 16.9. The monoisotopic (exact) mass is 339 g/mol. The van der Waals surface area contributed by atoms with E-state index in [1.54, 1.807) is 18.2 Å². The summed E-state index contributed by atoms with van der Waals surface area (Å²) in [5, 5.41) is 12.8. The van der Waals surface area contributed by atoms with Gasteiger partial charge in [-0.15, -0.1) is 0 Å². The van der Waals surface area contributed by atoms with Crippen LogP contribution in [0.25, 0.3) is 0 Å². The molecule has 1 aromatic rings. The zero-order valence-electron chi connectivity index (χ0n) is 13.2. The fourth-order valence-corrected chi connectivity index (χ4v) is 3.32. The van der Waals surface area contributed by atoms with Gasteiger partial charge in [-0.3, -0.25) is 9.59 Å². The molecule has 0 aliphatic heterocycles.